The maximum atomic E-state index is 6.45. The molecule has 0 aromatic heterocycles. The van der Waals surface area contributed by atoms with E-state index < -0.39 is 0 Å². The smallest absolute Gasteiger partial charge is 0.0514 e. The van der Waals surface area contributed by atoms with E-state index in [1.807, 2.05) is 12.1 Å². The molecule has 0 amide bonds. The van der Waals surface area contributed by atoms with Crippen molar-refractivity contribution in [3.63, 3.8) is 0 Å². The Bertz CT molecular complexity index is 451. The second-order valence-corrected chi connectivity index (χ2v) is 6.67. The van der Waals surface area contributed by atoms with Crippen LogP contribution in [0.1, 0.15) is 37.8 Å². The first-order chi connectivity index (χ1) is 10.0. The van der Waals surface area contributed by atoms with Gasteiger partial charge < -0.3 is 10.6 Å². The summed E-state index contributed by atoms with van der Waals surface area (Å²) in [4.78, 5) is 4.86. The highest BCUT2D eigenvalue weighted by Crippen LogP contribution is 2.32. The second kappa shape index (κ2) is 7.59. The van der Waals surface area contributed by atoms with Crippen molar-refractivity contribution in [1.29, 1.82) is 0 Å². The average molecular weight is 310 g/mol. The van der Waals surface area contributed by atoms with Crippen LogP contribution in [-0.4, -0.2) is 49.1 Å². The molecule has 4 heteroatoms. The van der Waals surface area contributed by atoms with Crippen molar-refractivity contribution in [3.05, 3.63) is 34.9 Å². The molecule has 1 fully saturated rings. The van der Waals surface area contributed by atoms with E-state index in [1.54, 1.807) is 0 Å². The SMILES string of the molecule is CCC(N)C(c1ccccc1Cl)N(C)C1CCCN(C)C1. The molecule has 1 aliphatic heterocycles. The molecule has 1 aromatic carbocycles. The lowest BCUT2D eigenvalue weighted by molar-refractivity contribution is 0.0861. The number of hydrogen-bond acceptors (Lipinski definition) is 3. The number of likely N-dealkylation sites (tertiary alicyclic amines) is 1. The van der Waals surface area contributed by atoms with Crippen LogP contribution in [0.15, 0.2) is 24.3 Å². The molecule has 2 rings (SSSR count). The zero-order chi connectivity index (χ0) is 15.4. The Morgan fingerprint density at radius 2 is 2.14 bits per heavy atom. The van der Waals surface area contributed by atoms with E-state index in [0.29, 0.717) is 6.04 Å². The van der Waals surface area contributed by atoms with Crippen LogP contribution < -0.4 is 5.73 Å². The third-order valence-electron chi connectivity index (χ3n) is 4.72. The molecular formula is C17H28ClN3. The van der Waals surface area contributed by atoms with Crippen molar-refractivity contribution in [2.24, 2.45) is 5.73 Å². The van der Waals surface area contributed by atoms with E-state index in [-0.39, 0.29) is 12.1 Å². The maximum absolute atomic E-state index is 6.45. The van der Waals surface area contributed by atoms with Gasteiger partial charge in [0.15, 0.2) is 0 Å². The molecule has 1 aliphatic rings. The van der Waals surface area contributed by atoms with E-state index in [4.69, 9.17) is 17.3 Å². The summed E-state index contributed by atoms with van der Waals surface area (Å²) in [5.41, 5.74) is 7.60. The maximum Gasteiger partial charge on any atom is 0.0514 e. The van der Waals surface area contributed by atoms with Crippen molar-refractivity contribution in [1.82, 2.24) is 9.80 Å². The predicted molar refractivity (Wildman–Crippen MR) is 90.7 cm³/mol. The minimum Gasteiger partial charge on any atom is -0.326 e. The normalized spacial score (nSPS) is 23.2. The Labute approximate surface area is 134 Å². The predicted octanol–water partition coefficient (Wildman–Crippen LogP) is 3.14. The number of halogens is 1. The van der Waals surface area contributed by atoms with Gasteiger partial charge in [-0.05, 0) is 51.5 Å². The number of rotatable bonds is 5. The molecule has 118 valence electrons. The first kappa shape index (κ1) is 16.8. The Kier molecular flexibility index (Phi) is 6.06. The Morgan fingerprint density at radius 3 is 2.76 bits per heavy atom. The Balaban J connectivity index is 2.25. The van der Waals surface area contributed by atoms with Gasteiger partial charge in [0.2, 0.25) is 0 Å². The topological polar surface area (TPSA) is 32.5 Å². The van der Waals surface area contributed by atoms with Gasteiger partial charge in [-0.3, -0.25) is 4.90 Å². The largest absolute Gasteiger partial charge is 0.326 e. The molecule has 2 N–H and O–H groups in total. The summed E-state index contributed by atoms with van der Waals surface area (Å²) in [6.07, 6.45) is 3.43. The monoisotopic (exact) mass is 309 g/mol. The molecule has 1 aromatic rings. The summed E-state index contributed by atoms with van der Waals surface area (Å²) in [7, 11) is 4.40. The molecule has 0 spiro atoms. The van der Waals surface area contributed by atoms with Crippen LogP contribution in [0.2, 0.25) is 5.02 Å². The van der Waals surface area contributed by atoms with Crippen molar-refractivity contribution < 1.29 is 0 Å². The zero-order valence-electron chi connectivity index (χ0n) is 13.4. The highest BCUT2D eigenvalue weighted by molar-refractivity contribution is 6.31. The third-order valence-corrected chi connectivity index (χ3v) is 5.06. The van der Waals surface area contributed by atoms with Gasteiger partial charge in [-0.15, -0.1) is 0 Å². The van der Waals surface area contributed by atoms with Crippen LogP contribution >= 0.6 is 11.6 Å². The Hall–Kier alpha value is -0.610. The molecule has 21 heavy (non-hydrogen) atoms. The summed E-state index contributed by atoms with van der Waals surface area (Å²) in [5, 5.41) is 0.822. The fourth-order valence-corrected chi connectivity index (χ4v) is 3.64. The summed E-state index contributed by atoms with van der Waals surface area (Å²) in [6.45, 7) is 4.45. The first-order valence-corrected chi connectivity index (χ1v) is 8.32. The van der Waals surface area contributed by atoms with Crippen LogP contribution in [0.4, 0.5) is 0 Å². The zero-order valence-corrected chi connectivity index (χ0v) is 14.2. The summed E-state index contributed by atoms with van der Waals surface area (Å²) in [6, 6.07) is 8.94. The number of hydrogen-bond donors (Lipinski definition) is 1. The van der Waals surface area contributed by atoms with Crippen molar-refractivity contribution in [2.45, 2.75) is 44.3 Å². The standard InChI is InChI=1S/C17H28ClN3/c1-4-16(19)17(14-9-5-6-10-15(14)18)21(3)13-8-7-11-20(2)12-13/h5-6,9-10,13,16-17H,4,7-8,11-12,19H2,1-3H3. The molecule has 1 heterocycles. The Morgan fingerprint density at radius 1 is 1.43 bits per heavy atom. The van der Waals surface area contributed by atoms with Gasteiger partial charge in [0.25, 0.3) is 0 Å². The molecular weight excluding hydrogens is 282 g/mol. The fourth-order valence-electron chi connectivity index (χ4n) is 3.39. The second-order valence-electron chi connectivity index (χ2n) is 6.26. The van der Waals surface area contributed by atoms with E-state index in [1.165, 1.54) is 19.4 Å². The number of likely N-dealkylation sites (N-methyl/N-ethyl adjacent to an activating group) is 2. The van der Waals surface area contributed by atoms with E-state index in [9.17, 15) is 0 Å². The fraction of sp³-hybridized carbons (Fsp3) is 0.647. The van der Waals surface area contributed by atoms with Gasteiger partial charge in [-0.1, -0.05) is 36.7 Å². The third kappa shape index (κ3) is 3.98. The van der Waals surface area contributed by atoms with Gasteiger partial charge in [0, 0.05) is 23.7 Å². The van der Waals surface area contributed by atoms with Crippen LogP contribution in [0.5, 0.6) is 0 Å². The molecule has 0 radical (unpaired) electrons. The van der Waals surface area contributed by atoms with Gasteiger partial charge in [0.1, 0.15) is 0 Å². The lowest BCUT2D eigenvalue weighted by Gasteiger charge is -2.42. The van der Waals surface area contributed by atoms with Gasteiger partial charge in [-0.25, -0.2) is 0 Å². The first-order valence-electron chi connectivity index (χ1n) is 7.95. The van der Waals surface area contributed by atoms with Crippen LogP contribution in [-0.2, 0) is 0 Å². The number of nitrogens with zero attached hydrogens (tertiary/aromatic N) is 2. The number of nitrogens with two attached hydrogens (primary N) is 1. The lowest BCUT2D eigenvalue weighted by Crippen LogP contribution is -2.50. The van der Waals surface area contributed by atoms with Crippen molar-refractivity contribution in [2.75, 3.05) is 27.2 Å². The van der Waals surface area contributed by atoms with E-state index in [2.05, 4.69) is 43.0 Å². The van der Waals surface area contributed by atoms with E-state index in [0.717, 1.165) is 23.6 Å². The van der Waals surface area contributed by atoms with Crippen LogP contribution in [0, 0.1) is 0 Å². The quantitative estimate of drug-likeness (QED) is 0.907. The van der Waals surface area contributed by atoms with E-state index >= 15 is 0 Å². The van der Waals surface area contributed by atoms with Crippen molar-refractivity contribution in [3.8, 4) is 0 Å². The van der Waals surface area contributed by atoms with Crippen molar-refractivity contribution >= 4 is 11.6 Å². The van der Waals surface area contributed by atoms with Gasteiger partial charge in [0.05, 0.1) is 6.04 Å². The van der Waals surface area contributed by atoms with Crippen LogP contribution in [0.25, 0.3) is 0 Å². The highest BCUT2D eigenvalue weighted by Gasteiger charge is 2.31. The lowest BCUT2D eigenvalue weighted by atomic mass is 9.93. The minimum atomic E-state index is 0.0992. The summed E-state index contributed by atoms with van der Waals surface area (Å²) < 4.78 is 0. The molecule has 0 aliphatic carbocycles. The minimum absolute atomic E-state index is 0.0992. The highest BCUT2D eigenvalue weighted by atomic mass is 35.5. The molecule has 0 saturated carbocycles. The molecule has 3 atom stereocenters. The summed E-state index contributed by atoms with van der Waals surface area (Å²) in [5.74, 6) is 0. The number of piperidine rings is 1. The van der Waals surface area contributed by atoms with Gasteiger partial charge in [-0.2, -0.15) is 0 Å². The van der Waals surface area contributed by atoms with Crippen LogP contribution in [0.3, 0.4) is 0 Å². The number of benzene rings is 1. The molecule has 3 nitrogen and oxygen atoms in total. The van der Waals surface area contributed by atoms with Gasteiger partial charge >= 0.3 is 0 Å². The molecule has 0 bridgehead atoms. The summed E-state index contributed by atoms with van der Waals surface area (Å²) >= 11 is 6.44. The molecule has 3 unspecified atom stereocenters. The average Bonchev–Trinajstić information content (AvgIpc) is 2.49. The molecule has 1 saturated heterocycles.